The lowest BCUT2D eigenvalue weighted by atomic mass is 10.2. The normalized spacial score (nSPS) is 19.4. The largest absolute Gasteiger partial charge is 0.435 e. The summed E-state index contributed by atoms with van der Waals surface area (Å²) >= 11 is 2.02. The lowest BCUT2D eigenvalue weighted by molar-refractivity contribution is -0.0498. The molecule has 1 aliphatic heterocycles. The van der Waals surface area contributed by atoms with Crippen molar-refractivity contribution in [1.82, 2.24) is 5.32 Å². The van der Waals surface area contributed by atoms with Crippen molar-refractivity contribution in [3.63, 3.8) is 0 Å². The molecule has 0 aromatic heterocycles. The van der Waals surface area contributed by atoms with Crippen LogP contribution in [0.2, 0.25) is 0 Å². The molecular weight excluding hydrogens is 256 g/mol. The Kier molecular flexibility index (Phi) is 5.26. The molecule has 1 aromatic carbocycles. The summed E-state index contributed by atoms with van der Waals surface area (Å²) in [5, 5.41) is 4.12. The van der Waals surface area contributed by atoms with E-state index in [2.05, 4.69) is 10.1 Å². The zero-order valence-electron chi connectivity index (χ0n) is 10.1. The number of nitrogens with one attached hydrogen (secondary N) is 1. The van der Waals surface area contributed by atoms with Gasteiger partial charge in [-0.25, -0.2) is 0 Å². The van der Waals surface area contributed by atoms with Crippen LogP contribution in [0, 0.1) is 0 Å². The van der Waals surface area contributed by atoms with Crippen LogP contribution in [-0.4, -0.2) is 24.2 Å². The van der Waals surface area contributed by atoms with Crippen LogP contribution in [0.5, 0.6) is 5.75 Å². The smallest absolute Gasteiger partial charge is 0.387 e. The van der Waals surface area contributed by atoms with Crippen molar-refractivity contribution in [1.29, 1.82) is 0 Å². The van der Waals surface area contributed by atoms with Crippen molar-refractivity contribution >= 4 is 11.8 Å². The standard InChI is InChI=1S/C13H17F2NOS/c14-13(15)17-11-5-3-10(4-6-11)8-16-9-12-2-1-7-18-12/h3-6,12-13,16H,1-2,7-9H2. The topological polar surface area (TPSA) is 21.3 Å². The molecule has 0 aliphatic carbocycles. The Morgan fingerprint density at radius 2 is 2.11 bits per heavy atom. The molecule has 1 atom stereocenters. The van der Waals surface area contributed by atoms with Crippen molar-refractivity contribution in [3.05, 3.63) is 29.8 Å². The molecule has 1 aliphatic rings. The monoisotopic (exact) mass is 273 g/mol. The summed E-state index contributed by atoms with van der Waals surface area (Å²) < 4.78 is 28.2. The van der Waals surface area contributed by atoms with Crippen molar-refractivity contribution < 1.29 is 13.5 Å². The summed E-state index contributed by atoms with van der Waals surface area (Å²) in [6.07, 6.45) is 2.61. The molecular formula is C13H17F2NOS. The van der Waals surface area contributed by atoms with Crippen LogP contribution in [0.3, 0.4) is 0 Å². The highest BCUT2D eigenvalue weighted by Gasteiger charge is 2.14. The van der Waals surface area contributed by atoms with Gasteiger partial charge in [-0.15, -0.1) is 0 Å². The second-order valence-electron chi connectivity index (χ2n) is 4.29. The molecule has 1 aromatic rings. The molecule has 1 fully saturated rings. The lowest BCUT2D eigenvalue weighted by Gasteiger charge is -2.10. The zero-order valence-corrected chi connectivity index (χ0v) is 10.9. The predicted molar refractivity (Wildman–Crippen MR) is 70.3 cm³/mol. The minimum Gasteiger partial charge on any atom is -0.435 e. The van der Waals surface area contributed by atoms with E-state index >= 15 is 0 Å². The third kappa shape index (κ3) is 4.46. The molecule has 1 unspecified atom stereocenters. The second-order valence-corrected chi connectivity index (χ2v) is 5.70. The van der Waals surface area contributed by atoms with Gasteiger partial charge in [0.15, 0.2) is 0 Å². The first-order valence-electron chi connectivity index (χ1n) is 6.10. The lowest BCUT2D eigenvalue weighted by Crippen LogP contribution is -2.22. The summed E-state index contributed by atoms with van der Waals surface area (Å²) in [4.78, 5) is 0. The maximum Gasteiger partial charge on any atom is 0.387 e. The molecule has 0 saturated carbocycles. The molecule has 18 heavy (non-hydrogen) atoms. The van der Waals surface area contributed by atoms with Crippen LogP contribution in [0.25, 0.3) is 0 Å². The molecule has 2 rings (SSSR count). The molecule has 1 heterocycles. The molecule has 1 saturated heterocycles. The third-order valence-electron chi connectivity index (χ3n) is 2.87. The number of halogens is 2. The fraction of sp³-hybridized carbons (Fsp3) is 0.538. The Balaban J connectivity index is 1.72. The maximum absolute atomic E-state index is 12.0. The first kappa shape index (κ1) is 13.6. The van der Waals surface area contributed by atoms with Crippen LogP contribution >= 0.6 is 11.8 Å². The first-order valence-corrected chi connectivity index (χ1v) is 7.15. The predicted octanol–water partition coefficient (Wildman–Crippen LogP) is 3.27. The van der Waals surface area contributed by atoms with Gasteiger partial charge >= 0.3 is 6.61 Å². The Morgan fingerprint density at radius 3 is 2.72 bits per heavy atom. The van der Waals surface area contributed by atoms with Crippen molar-refractivity contribution in [2.45, 2.75) is 31.2 Å². The van der Waals surface area contributed by atoms with E-state index in [0.717, 1.165) is 23.9 Å². The van der Waals surface area contributed by atoms with Crippen molar-refractivity contribution in [2.24, 2.45) is 0 Å². The number of rotatable bonds is 6. The molecule has 5 heteroatoms. The van der Waals surface area contributed by atoms with Crippen LogP contribution in [-0.2, 0) is 6.54 Å². The van der Waals surface area contributed by atoms with E-state index < -0.39 is 6.61 Å². The zero-order chi connectivity index (χ0) is 12.8. The van der Waals surface area contributed by atoms with Crippen LogP contribution < -0.4 is 10.1 Å². The highest BCUT2D eigenvalue weighted by molar-refractivity contribution is 8.00. The number of hydrogen-bond acceptors (Lipinski definition) is 3. The summed E-state index contributed by atoms with van der Waals surface area (Å²) in [5.74, 6) is 1.48. The van der Waals surface area contributed by atoms with Crippen molar-refractivity contribution in [3.8, 4) is 5.75 Å². The SMILES string of the molecule is FC(F)Oc1ccc(CNCC2CCCS2)cc1. The molecule has 100 valence electrons. The van der Waals surface area contributed by atoms with Gasteiger partial charge in [-0.2, -0.15) is 20.5 Å². The van der Waals surface area contributed by atoms with Gasteiger partial charge < -0.3 is 10.1 Å². The molecule has 1 N–H and O–H groups in total. The van der Waals surface area contributed by atoms with E-state index in [1.165, 1.54) is 18.6 Å². The van der Waals surface area contributed by atoms with Gasteiger partial charge in [-0.05, 0) is 36.3 Å². The number of alkyl halides is 2. The average Bonchev–Trinajstić information content (AvgIpc) is 2.84. The summed E-state index contributed by atoms with van der Waals surface area (Å²) in [5.41, 5.74) is 1.08. The third-order valence-corrected chi connectivity index (χ3v) is 4.27. The van der Waals surface area contributed by atoms with Gasteiger partial charge in [0.25, 0.3) is 0 Å². The minimum atomic E-state index is -2.76. The van der Waals surface area contributed by atoms with Gasteiger partial charge in [0.05, 0.1) is 0 Å². The number of ether oxygens (including phenoxy) is 1. The minimum absolute atomic E-state index is 0.208. The second kappa shape index (κ2) is 6.95. The summed E-state index contributed by atoms with van der Waals surface area (Å²) in [6.45, 7) is -0.972. The van der Waals surface area contributed by atoms with E-state index in [9.17, 15) is 8.78 Å². The van der Waals surface area contributed by atoms with Crippen LogP contribution in [0.1, 0.15) is 18.4 Å². The van der Waals surface area contributed by atoms with Gasteiger partial charge in [0.1, 0.15) is 5.75 Å². The summed E-state index contributed by atoms with van der Waals surface area (Å²) in [7, 11) is 0. The number of thioether (sulfide) groups is 1. The Morgan fingerprint density at radius 1 is 1.33 bits per heavy atom. The van der Waals surface area contributed by atoms with Crippen LogP contribution in [0.15, 0.2) is 24.3 Å². The Hall–Kier alpha value is -0.810. The van der Waals surface area contributed by atoms with E-state index in [4.69, 9.17) is 0 Å². The fourth-order valence-corrected chi connectivity index (χ4v) is 3.21. The van der Waals surface area contributed by atoms with E-state index in [1.807, 2.05) is 23.9 Å². The van der Waals surface area contributed by atoms with Crippen molar-refractivity contribution in [2.75, 3.05) is 12.3 Å². The van der Waals surface area contributed by atoms with Gasteiger partial charge in [-0.1, -0.05) is 12.1 Å². The highest BCUT2D eigenvalue weighted by atomic mass is 32.2. The quantitative estimate of drug-likeness (QED) is 0.859. The molecule has 0 radical (unpaired) electrons. The number of benzene rings is 1. The molecule has 0 bridgehead atoms. The fourth-order valence-electron chi connectivity index (χ4n) is 1.97. The number of hydrogen-bond donors (Lipinski definition) is 1. The van der Waals surface area contributed by atoms with Gasteiger partial charge in [-0.3, -0.25) is 0 Å². The summed E-state index contributed by atoms with van der Waals surface area (Å²) in [6, 6.07) is 6.78. The Labute approximate surface area is 110 Å². The van der Waals surface area contributed by atoms with Gasteiger partial charge in [0, 0.05) is 18.3 Å². The van der Waals surface area contributed by atoms with Gasteiger partial charge in [0.2, 0.25) is 0 Å². The first-order chi connectivity index (χ1) is 8.74. The highest BCUT2D eigenvalue weighted by Crippen LogP contribution is 2.25. The van der Waals surface area contributed by atoms with Crippen LogP contribution in [0.4, 0.5) is 8.78 Å². The van der Waals surface area contributed by atoms with E-state index in [-0.39, 0.29) is 5.75 Å². The maximum atomic E-state index is 12.0. The van der Waals surface area contributed by atoms with E-state index in [0.29, 0.717) is 0 Å². The molecule has 0 spiro atoms. The average molecular weight is 273 g/mol. The molecule has 2 nitrogen and oxygen atoms in total. The Bertz CT molecular complexity index is 353. The molecule has 0 amide bonds. The van der Waals surface area contributed by atoms with E-state index in [1.54, 1.807) is 12.1 Å².